The molecule has 0 aliphatic heterocycles. The minimum Gasteiger partial charge on any atom is -0.298 e. The van der Waals surface area contributed by atoms with Crippen molar-refractivity contribution in [1.82, 2.24) is 19.6 Å². The fourth-order valence-corrected chi connectivity index (χ4v) is 3.25. The average molecular weight is 312 g/mol. The third-order valence-corrected chi connectivity index (χ3v) is 4.52. The van der Waals surface area contributed by atoms with E-state index in [0.717, 1.165) is 17.0 Å². The van der Waals surface area contributed by atoms with Gasteiger partial charge in [0.2, 0.25) is 5.16 Å². The van der Waals surface area contributed by atoms with E-state index in [1.54, 1.807) is 11.4 Å². The van der Waals surface area contributed by atoms with E-state index >= 15 is 0 Å². The van der Waals surface area contributed by atoms with Gasteiger partial charge in [0.25, 0.3) is 5.78 Å². The summed E-state index contributed by atoms with van der Waals surface area (Å²) >= 11 is 1.36. The predicted octanol–water partition coefficient (Wildman–Crippen LogP) is 3.16. The van der Waals surface area contributed by atoms with E-state index in [1.807, 2.05) is 50.2 Å². The van der Waals surface area contributed by atoms with E-state index in [1.165, 1.54) is 11.8 Å². The fraction of sp³-hybridized carbons (Fsp3) is 0.250. The monoisotopic (exact) mass is 312 g/mol. The van der Waals surface area contributed by atoms with Crippen molar-refractivity contribution >= 4 is 23.3 Å². The van der Waals surface area contributed by atoms with Gasteiger partial charge in [0, 0.05) is 11.4 Å². The van der Waals surface area contributed by atoms with Crippen LogP contribution in [0.15, 0.2) is 41.6 Å². The number of hydrogen-bond acceptors (Lipinski definition) is 5. The molecule has 5 nitrogen and oxygen atoms in total. The third kappa shape index (κ3) is 2.87. The van der Waals surface area contributed by atoms with Crippen LogP contribution in [0.4, 0.5) is 0 Å². The van der Waals surface area contributed by atoms with Crippen molar-refractivity contribution in [3.8, 4) is 0 Å². The van der Waals surface area contributed by atoms with Crippen molar-refractivity contribution in [2.75, 3.05) is 0 Å². The Hall–Kier alpha value is -2.21. The lowest BCUT2D eigenvalue weighted by Crippen LogP contribution is -2.05. The van der Waals surface area contributed by atoms with Crippen LogP contribution in [0.25, 0.3) is 5.78 Å². The number of carbonyl (C=O) groups excluding carboxylic acids is 1. The fourth-order valence-electron chi connectivity index (χ4n) is 2.32. The molecule has 0 saturated carbocycles. The van der Waals surface area contributed by atoms with E-state index in [0.29, 0.717) is 10.9 Å². The van der Waals surface area contributed by atoms with Crippen LogP contribution in [0.3, 0.4) is 0 Å². The summed E-state index contributed by atoms with van der Waals surface area (Å²) in [5.41, 5.74) is 2.83. The average Bonchev–Trinajstić information content (AvgIpc) is 2.88. The Balaban J connectivity index is 1.97. The molecule has 0 bridgehead atoms. The second-order valence-electron chi connectivity index (χ2n) is 5.16. The molecule has 0 saturated heterocycles. The maximum absolute atomic E-state index is 12.0. The molecule has 3 aromatic rings. The van der Waals surface area contributed by atoms with Crippen molar-refractivity contribution in [2.45, 2.75) is 31.2 Å². The molecule has 2 heterocycles. The molecular formula is C16H16N4OS. The van der Waals surface area contributed by atoms with Crippen LogP contribution in [0.2, 0.25) is 0 Å². The number of benzene rings is 1. The molecule has 0 fully saturated rings. The van der Waals surface area contributed by atoms with Crippen LogP contribution in [-0.2, 0) is 4.79 Å². The number of carbonyl (C=O) groups is 1. The van der Waals surface area contributed by atoms with E-state index < -0.39 is 0 Å². The number of ketones is 1. The van der Waals surface area contributed by atoms with Gasteiger partial charge in [0.1, 0.15) is 5.78 Å². The zero-order valence-electron chi connectivity index (χ0n) is 12.6. The minimum atomic E-state index is -0.306. The number of aryl methyl sites for hydroxylation is 2. The smallest absolute Gasteiger partial charge is 0.253 e. The Morgan fingerprint density at radius 1 is 1.18 bits per heavy atom. The highest BCUT2D eigenvalue weighted by molar-refractivity contribution is 8.00. The summed E-state index contributed by atoms with van der Waals surface area (Å²) in [5.74, 6) is 0.645. The highest BCUT2D eigenvalue weighted by atomic mass is 32.2. The van der Waals surface area contributed by atoms with E-state index in [4.69, 9.17) is 0 Å². The summed E-state index contributed by atoms with van der Waals surface area (Å²) in [6, 6.07) is 11.6. The summed E-state index contributed by atoms with van der Waals surface area (Å²) in [5, 5.41) is 4.71. The SMILES string of the molecule is CC(=O)[C@H](Sc1nc2nc(C)cc(C)n2n1)c1ccccc1. The van der Waals surface area contributed by atoms with Gasteiger partial charge >= 0.3 is 0 Å². The first-order valence-electron chi connectivity index (χ1n) is 6.97. The Kier molecular flexibility index (Phi) is 3.94. The molecule has 22 heavy (non-hydrogen) atoms. The summed E-state index contributed by atoms with van der Waals surface area (Å²) in [6.45, 7) is 5.48. The largest absolute Gasteiger partial charge is 0.298 e. The summed E-state index contributed by atoms with van der Waals surface area (Å²) in [6.07, 6.45) is 0. The van der Waals surface area contributed by atoms with Crippen LogP contribution in [0.1, 0.15) is 29.1 Å². The molecular weight excluding hydrogens is 296 g/mol. The number of rotatable bonds is 4. The maximum Gasteiger partial charge on any atom is 0.253 e. The van der Waals surface area contributed by atoms with Crippen LogP contribution in [-0.4, -0.2) is 25.4 Å². The summed E-state index contributed by atoms with van der Waals surface area (Å²) in [4.78, 5) is 20.8. The van der Waals surface area contributed by atoms with E-state index in [2.05, 4.69) is 15.1 Å². The third-order valence-electron chi connectivity index (χ3n) is 3.29. The number of Topliss-reactive ketones (excluding diaryl/α,β-unsaturated/α-hetero) is 1. The van der Waals surface area contributed by atoms with Gasteiger partial charge in [-0.15, -0.1) is 5.10 Å². The molecule has 0 N–H and O–H groups in total. The number of thioether (sulfide) groups is 1. The molecule has 0 radical (unpaired) electrons. The zero-order chi connectivity index (χ0) is 15.7. The molecule has 0 amide bonds. The van der Waals surface area contributed by atoms with Crippen LogP contribution >= 0.6 is 11.8 Å². The molecule has 2 aromatic heterocycles. The Labute approximate surface area is 132 Å². The second-order valence-corrected chi connectivity index (χ2v) is 6.24. The van der Waals surface area contributed by atoms with Gasteiger partial charge in [0.05, 0.1) is 5.25 Å². The van der Waals surface area contributed by atoms with Gasteiger partial charge in [-0.1, -0.05) is 42.1 Å². The van der Waals surface area contributed by atoms with Crippen molar-refractivity contribution in [2.24, 2.45) is 0 Å². The number of aromatic nitrogens is 4. The quantitative estimate of drug-likeness (QED) is 0.693. The molecule has 1 aromatic carbocycles. The standard InChI is InChI=1S/C16H16N4OS/c1-10-9-11(2)20-15(17-10)18-16(19-20)22-14(12(3)21)13-7-5-4-6-8-13/h4-9,14H,1-3H3/t14-/m0/s1. The summed E-state index contributed by atoms with van der Waals surface area (Å²) < 4.78 is 1.71. The van der Waals surface area contributed by atoms with Gasteiger partial charge in [-0.2, -0.15) is 4.98 Å². The molecule has 0 aliphatic carbocycles. The Morgan fingerprint density at radius 3 is 2.59 bits per heavy atom. The zero-order valence-corrected chi connectivity index (χ0v) is 13.5. The van der Waals surface area contributed by atoms with Crippen LogP contribution in [0, 0.1) is 13.8 Å². The van der Waals surface area contributed by atoms with Gasteiger partial charge in [-0.05, 0) is 32.4 Å². The van der Waals surface area contributed by atoms with E-state index in [9.17, 15) is 4.79 Å². The maximum atomic E-state index is 12.0. The molecule has 3 rings (SSSR count). The minimum absolute atomic E-state index is 0.0796. The predicted molar refractivity (Wildman–Crippen MR) is 86.0 cm³/mol. The van der Waals surface area contributed by atoms with Gasteiger partial charge < -0.3 is 0 Å². The topological polar surface area (TPSA) is 60.2 Å². The molecule has 1 atom stereocenters. The van der Waals surface area contributed by atoms with Gasteiger partial charge in [-0.25, -0.2) is 9.50 Å². The lowest BCUT2D eigenvalue weighted by atomic mass is 10.1. The van der Waals surface area contributed by atoms with Gasteiger partial charge in [-0.3, -0.25) is 4.79 Å². The highest BCUT2D eigenvalue weighted by Gasteiger charge is 2.21. The molecule has 6 heteroatoms. The first-order chi connectivity index (χ1) is 10.5. The summed E-state index contributed by atoms with van der Waals surface area (Å²) in [7, 11) is 0. The first-order valence-corrected chi connectivity index (χ1v) is 7.85. The second kappa shape index (κ2) is 5.88. The normalized spacial score (nSPS) is 12.5. The van der Waals surface area contributed by atoms with Crippen molar-refractivity contribution < 1.29 is 4.79 Å². The highest BCUT2D eigenvalue weighted by Crippen LogP contribution is 2.34. The molecule has 0 aliphatic rings. The Bertz CT molecular complexity index is 829. The number of fused-ring (bicyclic) bond motifs is 1. The molecule has 0 unspecified atom stereocenters. The van der Waals surface area contributed by atoms with Crippen LogP contribution < -0.4 is 0 Å². The lowest BCUT2D eigenvalue weighted by molar-refractivity contribution is -0.116. The van der Waals surface area contributed by atoms with Crippen molar-refractivity contribution in [3.05, 3.63) is 53.3 Å². The van der Waals surface area contributed by atoms with Crippen molar-refractivity contribution in [1.29, 1.82) is 0 Å². The first kappa shape index (κ1) is 14.7. The van der Waals surface area contributed by atoms with Crippen LogP contribution in [0.5, 0.6) is 0 Å². The lowest BCUT2D eigenvalue weighted by Gasteiger charge is -2.11. The van der Waals surface area contributed by atoms with Gasteiger partial charge in [0.15, 0.2) is 0 Å². The number of nitrogens with zero attached hydrogens (tertiary/aromatic N) is 4. The number of hydrogen-bond donors (Lipinski definition) is 0. The van der Waals surface area contributed by atoms with E-state index in [-0.39, 0.29) is 11.0 Å². The molecule has 112 valence electrons. The Morgan fingerprint density at radius 2 is 1.91 bits per heavy atom. The van der Waals surface area contributed by atoms with Crippen molar-refractivity contribution in [3.63, 3.8) is 0 Å². The molecule has 0 spiro atoms.